The van der Waals surface area contributed by atoms with Crippen molar-refractivity contribution in [3.63, 3.8) is 0 Å². The van der Waals surface area contributed by atoms with Gasteiger partial charge in [0.25, 0.3) is 0 Å². The predicted molar refractivity (Wildman–Crippen MR) is 194 cm³/mol. The Morgan fingerprint density at radius 2 is 1.28 bits per heavy atom. The summed E-state index contributed by atoms with van der Waals surface area (Å²) in [5.74, 6) is 0.781. The van der Waals surface area contributed by atoms with Gasteiger partial charge in [0.1, 0.15) is 5.54 Å². The lowest BCUT2D eigenvalue weighted by Crippen LogP contribution is -2.60. The molecule has 4 saturated carbocycles. The molecule has 0 atom stereocenters. The lowest BCUT2D eigenvalue weighted by molar-refractivity contribution is -0.237. The van der Waals surface area contributed by atoms with Crippen LogP contribution in [0.1, 0.15) is 75.3 Å². The van der Waals surface area contributed by atoms with E-state index in [2.05, 4.69) is 27.7 Å². The van der Waals surface area contributed by atoms with E-state index in [-0.39, 0.29) is 23.5 Å². The molecule has 278 valence electrons. The van der Waals surface area contributed by atoms with Crippen molar-refractivity contribution < 1.29 is 34.8 Å². The molecular formula is C37H56ClN5O7. The van der Waals surface area contributed by atoms with Crippen molar-refractivity contribution in [3.8, 4) is 0 Å². The van der Waals surface area contributed by atoms with Gasteiger partial charge in [-0.1, -0.05) is 60.7 Å². The highest BCUT2D eigenvalue weighted by molar-refractivity contribution is 5.85. The molecule has 0 radical (unpaired) electrons. The van der Waals surface area contributed by atoms with Gasteiger partial charge in [-0.15, -0.1) is 12.4 Å². The number of primary amides is 1. The molecule has 12 nitrogen and oxygen atoms in total. The van der Waals surface area contributed by atoms with E-state index >= 15 is 0 Å². The zero-order chi connectivity index (χ0) is 34.2. The van der Waals surface area contributed by atoms with Gasteiger partial charge in [0.05, 0.1) is 5.60 Å². The van der Waals surface area contributed by atoms with E-state index in [4.69, 9.17) is 21.3 Å². The second-order valence-corrected chi connectivity index (χ2v) is 14.7. The molecule has 6 aliphatic rings. The zero-order valence-electron chi connectivity index (χ0n) is 28.9. The van der Waals surface area contributed by atoms with Crippen LogP contribution in [0.15, 0.2) is 60.7 Å². The summed E-state index contributed by atoms with van der Waals surface area (Å²) in [5, 5.41) is 24.5. The minimum atomic E-state index is -1.02. The summed E-state index contributed by atoms with van der Waals surface area (Å²) in [6.07, 6.45) is 9.71. The van der Waals surface area contributed by atoms with Crippen molar-refractivity contribution in [3.05, 3.63) is 71.8 Å². The maximum atomic E-state index is 11.8. The molecule has 2 aromatic carbocycles. The molecule has 6 fully saturated rings. The number of nitrogens with one attached hydrogen (secondary N) is 2. The van der Waals surface area contributed by atoms with Crippen LogP contribution in [-0.2, 0) is 27.4 Å². The smallest absolute Gasteiger partial charge is 0.336 e. The Balaban J connectivity index is 0.000000207. The second kappa shape index (κ2) is 18.3. The number of piperidine rings is 2. The van der Waals surface area contributed by atoms with Gasteiger partial charge in [-0.3, -0.25) is 9.69 Å². The maximum absolute atomic E-state index is 11.8. The fraction of sp³-hybridized carbons (Fsp3) is 0.595. The highest BCUT2D eigenvalue weighted by Crippen LogP contribution is 2.58. The minimum absolute atomic E-state index is 0. The number of carboxylic acid groups (broad SMARTS) is 2. The van der Waals surface area contributed by atoms with Gasteiger partial charge in [0.15, 0.2) is 5.60 Å². The fourth-order valence-electron chi connectivity index (χ4n) is 8.71. The van der Waals surface area contributed by atoms with E-state index < -0.39 is 29.1 Å². The Morgan fingerprint density at radius 3 is 1.72 bits per heavy atom. The average Bonchev–Trinajstić information content (AvgIpc) is 3.06. The molecule has 4 bridgehead atoms. The van der Waals surface area contributed by atoms with Crippen molar-refractivity contribution in [2.75, 3.05) is 26.2 Å². The van der Waals surface area contributed by atoms with E-state index in [0.717, 1.165) is 75.3 Å². The van der Waals surface area contributed by atoms with Crippen LogP contribution in [-0.4, -0.2) is 81.5 Å². The van der Waals surface area contributed by atoms with Gasteiger partial charge in [0, 0.05) is 26.2 Å². The lowest BCUT2D eigenvalue weighted by Gasteiger charge is -2.58. The largest absolute Gasteiger partial charge is 0.480 e. The molecular weight excluding hydrogens is 662 g/mol. The van der Waals surface area contributed by atoms with Crippen LogP contribution in [0.25, 0.3) is 0 Å². The van der Waals surface area contributed by atoms with Gasteiger partial charge < -0.3 is 42.5 Å². The normalized spacial score (nSPS) is 27.0. The molecule has 50 heavy (non-hydrogen) atoms. The van der Waals surface area contributed by atoms with Gasteiger partial charge in [-0.2, -0.15) is 0 Å². The third-order valence-electron chi connectivity index (χ3n) is 10.9. The van der Waals surface area contributed by atoms with E-state index in [1.165, 1.54) is 24.8 Å². The lowest BCUT2D eigenvalue weighted by atomic mass is 9.54. The number of carbonyl (C=O) groups is 3. The second-order valence-electron chi connectivity index (χ2n) is 14.7. The topological polar surface area (TPSA) is 212 Å². The number of hydrogen-bond donors (Lipinski definition) is 6. The van der Waals surface area contributed by atoms with Crippen LogP contribution in [0.3, 0.4) is 0 Å². The van der Waals surface area contributed by atoms with Gasteiger partial charge in [-0.25, -0.2) is 9.59 Å². The predicted octanol–water partition coefficient (Wildman–Crippen LogP) is 3.70. The third kappa shape index (κ3) is 10.9. The number of urea groups is 1. The molecule has 8 rings (SSSR count). The highest BCUT2D eigenvalue weighted by atomic mass is 35.5. The SMILES string of the molecule is Cl.NC(=O)NCc1ccccc1.NC1(C(=O)O)CCN(Cc2ccccc2)CC1.O.O=C(O)C1(OC23CC4CC(CC(C4)C2)C3)CCNCC1. The molecule has 0 spiro atoms. The number of carbonyl (C=O) groups excluding carboxylic acids is 1. The molecule has 2 saturated heterocycles. The molecule has 2 amide bonds. The van der Waals surface area contributed by atoms with Crippen LogP contribution in [0.4, 0.5) is 4.79 Å². The molecule has 0 aromatic heterocycles. The first-order valence-corrected chi connectivity index (χ1v) is 17.5. The third-order valence-corrected chi connectivity index (χ3v) is 10.9. The Hall–Kier alpha value is -3.26. The number of amides is 2. The number of rotatable bonds is 8. The van der Waals surface area contributed by atoms with Crippen LogP contribution < -0.4 is 22.1 Å². The summed E-state index contributed by atoms with van der Waals surface area (Å²) in [7, 11) is 0. The van der Waals surface area contributed by atoms with Crippen molar-refractivity contribution >= 4 is 30.4 Å². The number of benzene rings is 2. The minimum Gasteiger partial charge on any atom is -0.480 e. The standard InChI is InChI=1S/C16H25NO3.C13H18N2O2.C8H10N2O.ClH.H2O/c18-14(19)16(1-3-17-4-2-16)20-15-8-11-5-12(9-15)7-13(6-11)10-15;14-13(12(16)17)6-8-15(9-7-13)10-11-4-2-1-3-5-11;9-8(11)10-6-7-4-2-1-3-5-7;;/h11-13,17H,1-10H2,(H,18,19);1-5H,6-10,14H2,(H,16,17);1-5H,6H2,(H3,9,10,11);1H;1H2. The van der Waals surface area contributed by atoms with Gasteiger partial charge in [0.2, 0.25) is 0 Å². The molecule has 13 heteroatoms. The number of hydrogen-bond acceptors (Lipinski definition) is 7. The van der Waals surface area contributed by atoms with E-state index in [0.29, 0.717) is 32.2 Å². The number of nitrogens with two attached hydrogens (primary N) is 2. The first-order chi connectivity index (χ1) is 23.0. The number of halogens is 1. The number of nitrogens with zero attached hydrogens (tertiary/aromatic N) is 1. The van der Waals surface area contributed by atoms with Gasteiger partial charge >= 0.3 is 18.0 Å². The molecule has 2 aromatic rings. The summed E-state index contributed by atoms with van der Waals surface area (Å²) >= 11 is 0. The molecule has 2 aliphatic heterocycles. The van der Waals surface area contributed by atoms with Gasteiger partial charge in [-0.05, 0) is 106 Å². The summed E-state index contributed by atoms with van der Waals surface area (Å²) in [6, 6.07) is 19.3. The molecule has 10 N–H and O–H groups in total. The van der Waals surface area contributed by atoms with Crippen molar-refractivity contribution in [2.45, 2.75) is 94.0 Å². The van der Waals surface area contributed by atoms with Crippen LogP contribution in [0.5, 0.6) is 0 Å². The van der Waals surface area contributed by atoms with E-state index in [1.807, 2.05) is 48.5 Å². The summed E-state index contributed by atoms with van der Waals surface area (Å²) in [6.45, 7) is 4.39. The summed E-state index contributed by atoms with van der Waals surface area (Å²) in [4.78, 5) is 35.4. The number of carboxylic acids is 2. The Morgan fingerprint density at radius 1 is 0.800 bits per heavy atom. The fourth-order valence-corrected chi connectivity index (χ4v) is 8.71. The molecule has 2 heterocycles. The quantitative estimate of drug-likeness (QED) is 0.235. The first kappa shape index (κ1) is 41.2. The number of ether oxygens (including phenoxy) is 1. The molecule has 4 aliphatic carbocycles. The highest BCUT2D eigenvalue weighted by Gasteiger charge is 2.56. The summed E-state index contributed by atoms with van der Waals surface area (Å²) in [5.41, 5.74) is 11.0. The Bertz CT molecular complexity index is 1330. The van der Waals surface area contributed by atoms with E-state index in [1.54, 1.807) is 0 Å². The van der Waals surface area contributed by atoms with Crippen LogP contribution >= 0.6 is 12.4 Å². The maximum Gasteiger partial charge on any atom is 0.336 e. The zero-order valence-corrected chi connectivity index (χ0v) is 29.7. The van der Waals surface area contributed by atoms with Crippen LogP contribution in [0.2, 0.25) is 0 Å². The Labute approximate surface area is 301 Å². The average molecular weight is 718 g/mol. The van der Waals surface area contributed by atoms with E-state index in [9.17, 15) is 19.5 Å². The molecule has 0 unspecified atom stereocenters. The van der Waals surface area contributed by atoms with Crippen molar-refractivity contribution in [1.29, 1.82) is 0 Å². The van der Waals surface area contributed by atoms with Crippen molar-refractivity contribution in [1.82, 2.24) is 15.5 Å². The monoisotopic (exact) mass is 717 g/mol. The number of aliphatic carboxylic acids is 2. The first-order valence-electron chi connectivity index (χ1n) is 17.5. The Kier molecular flexibility index (Phi) is 15.1. The van der Waals surface area contributed by atoms with Crippen molar-refractivity contribution in [2.24, 2.45) is 29.2 Å². The number of likely N-dealkylation sites (tertiary alicyclic amines) is 1. The summed E-state index contributed by atoms with van der Waals surface area (Å²) < 4.78 is 6.50. The van der Waals surface area contributed by atoms with Crippen LogP contribution in [0, 0.1) is 17.8 Å².